The average molecular weight is 499 g/mol. The predicted molar refractivity (Wildman–Crippen MR) is 138 cm³/mol. The number of amides is 1. The van der Waals surface area contributed by atoms with Gasteiger partial charge in [0.05, 0.1) is 15.6 Å². The summed E-state index contributed by atoms with van der Waals surface area (Å²) in [5, 5.41) is 3.22. The van der Waals surface area contributed by atoms with E-state index in [0.29, 0.717) is 16.3 Å². The Kier molecular flexibility index (Phi) is 7.11. The smallest absolute Gasteiger partial charge is 0.261 e. The number of anilines is 3. The van der Waals surface area contributed by atoms with Crippen LogP contribution in [0.4, 0.5) is 17.1 Å². The lowest BCUT2D eigenvalue weighted by Crippen LogP contribution is -2.44. The number of aryl methyl sites for hydroxylation is 1. The Labute approximate surface area is 205 Å². The number of benzene rings is 3. The van der Waals surface area contributed by atoms with E-state index in [9.17, 15) is 13.2 Å². The lowest BCUT2D eigenvalue weighted by atomic mass is 10.1. The molecule has 3 aromatic rings. The van der Waals surface area contributed by atoms with Crippen molar-refractivity contribution in [3.63, 3.8) is 0 Å². The van der Waals surface area contributed by atoms with Gasteiger partial charge in [-0.05, 0) is 74.1 Å². The molecule has 3 aromatic carbocycles. The van der Waals surface area contributed by atoms with Crippen LogP contribution in [0, 0.1) is 6.92 Å². The fourth-order valence-corrected chi connectivity index (χ4v) is 5.10. The van der Waals surface area contributed by atoms with Crippen molar-refractivity contribution in [3.05, 3.63) is 82.9 Å². The van der Waals surface area contributed by atoms with Gasteiger partial charge in [-0.15, -0.1) is 0 Å². The molecule has 34 heavy (non-hydrogen) atoms. The van der Waals surface area contributed by atoms with Crippen LogP contribution in [0.5, 0.6) is 0 Å². The number of sulfonamides is 1. The van der Waals surface area contributed by atoms with E-state index in [4.69, 9.17) is 11.6 Å². The molecule has 4 rings (SSSR count). The van der Waals surface area contributed by atoms with Gasteiger partial charge >= 0.3 is 0 Å². The number of carbonyl (C=O) groups is 1. The molecule has 0 unspecified atom stereocenters. The molecule has 0 bridgehead atoms. The van der Waals surface area contributed by atoms with Gasteiger partial charge in [-0.3, -0.25) is 9.52 Å². The number of carbonyl (C=O) groups excluding carboxylic acids is 1. The minimum Gasteiger partial charge on any atom is -0.369 e. The van der Waals surface area contributed by atoms with E-state index in [2.05, 4.69) is 33.0 Å². The zero-order chi connectivity index (χ0) is 24.3. The minimum absolute atomic E-state index is 0.0386. The fourth-order valence-electron chi connectivity index (χ4n) is 3.78. The van der Waals surface area contributed by atoms with Gasteiger partial charge in [-0.1, -0.05) is 23.7 Å². The van der Waals surface area contributed by atoms with Gasteiger partial charge in [0.2, 0.25) is 0 Å². The molecule has 1 aliphatic rings. The van der Waals surface area contributed by atoms with Crippen LogP contribution in [0.15, 0.2) is 71.6 Å². The zero-order valence-electron chi connectivity index (χ0n) is 19.1. The second kappa shape index (κ2) is 10.0. The Morgan fingerprint density at radius 1 is 0.912 bits per heavy atom. The average Bonchev–Trinajstić information content (AvgIpc) is 2.82. The number of likely N-dealkylation sites (N-methyl/N-ethyl adjacent to an activating group) is 1. The first-order chi connectivity index (χ1) is 16.2. The molecule has 1 saturated heterocycles. The molecule has 0 saturated carbocycles. The minimum atomic E-state index is -3.84. The second-order valence-electron chi connectivity index (χ2n) is 8.35. The lowest BCUT2D eigenvalue weighted by Gasteiger charge is -2.34. The SMILES string of the molecule is Cc1cc(N2CCN(C)CC2)ccc1NC(=O)c1ccc(S(=O)(=O)Nc2ccccc2Cl)cc1. The van der Waals surface area contributed by atoms with Crippen molar-refractivity contribution in [3.8, 4) is 0 Å². The standard InChI is InChI=1S/C25H27ClN4O3S/c1-18-17-20(30-15-13-29(2)14-16-30)9-12-23(18)27-25(31)19-7-10-21(11-8-19)34(32,33)28-24-6-4-3-5-22(24)26/h3-12,17,28H,13-16H2,1-2H3,(H,27,31). The van der Waals surface area contributed by atoms with Gasteiger partial charge in [0.25, 0.3) is 15.9 Å². The molecule has 7 nitrogen and oxygen atoms in total. The largest absolute Gasteiger partial charge is 0.369 e. The van der Waals surface area contributed by atoms with Gasteiger partial charge < -0.3 is 15.1 Å². The molecular formula is C25H27ClN4O3S. The van der Waals surface area contributed by atoms with Crippen molar-refractivity contribution in [1.82, 2.24) is 4.90 Å². The molecule has 178 valence electrons. The molecule has 9 heteroatoms. The summed E-state index contributed by atoms with van der Waals surface area (Å²) >= 11 is 6.05. The van der Waals surface area contributed by atoms with Crippen LogP contribution in [0.2, 0.25) is 5.02 Å². The first kappa shape index (κ1) is 24.1. The highest BCUT2D eigenvalue weighted by Crippen LogP contribution is 2.26. The summed E-state index contributed by atoms with van der Waals surface area (Å²) in [6, 6.07) is 18.4. The molecule has 0 radical (unpaired) electrons. The van der Waals surface area contributed by atoms with Crippen molar-refractivity contribution in [2.45, 2.75) is 11.8 Å². The Hall–Kier alpha value is -3.07. The summed E-state index contributed by atoms with van der Waals surface area (Å²) in [4.78, 5) is 17.5. The van der Waals surface area contributed by atoms with Crippen molar-refractivity contribution in [1.29, 1.82) is 0 Å². The maximum atomic E-state index is 12.8. The fraction of sp³-hybridized carbons (Fsp3) is 0.240. The topological polar surface area (TPSA) is 81.8 Å². The van der Waals surface area contributed by atoms with Gasteiger partial charge in [-0.25, -0.2) is 8.42 Å². The number of nitrogens with one attached hydrogen (secondary N) is 2. The number of nitrogens with zero attached hydrogens (tertiary/aromatic N) is 2. The van der Waals surface area contributed by atoms with E-state index < -0.39 is 10.0 Å². The van der Waals surface area contributed by atoms with Crippen LogP contribution < -0.4 is 14.9 Å². The number of piperazine rings is 1. The van der Waals surface area contributed by atoms with Crippen LogP contribution in [-0.4, -0.2) is 52.5 Å². The third-order valence-corrected chi connectivity index (χ3v) is 7.58. The Bertz CT molecular complexity index is 1290. The molecule has 1 heterocycles. The molecule has 0 aliphatic carbocycles. The van der Waals surface area contributed by atoms with Crippen LogP contribution in [0.1, 0.15) is 15.9 Å². The third kappa shape index (κ3) is 5.52. The molecule has 2 N–H and O–H groups in total. The summed E-state index contributed by atoms with van der Waals surface area (Å²) in [5.41, 5.74) is 3.48. The molecule has 1 fully saturated rings. The summed E-state index contributed by atoms with van der Waals surface area (Å²) < 4.78 is 27.8. The van der Waals surface area contributed by atoms with Crippen molar-refractivity contribution in [2.24, 2.45) is 0 Å². The molecular weight excluding hydrogens is 472 g/mol. The number of para-hydroxylation sites is 1. The first-order valence-corrected chi connectivity index (χ1v) is 12.8. The molecule has 1 amide bonds. The summed E-state index contributed by atoms with van der Waals surface area (Å²) in [5.74, 6) is -0.307. The maximum Gasteiger partial charge on any atom is 0.261 e. The molecule has 0 spiro atoms. The summed E-state index contributed by atoms with van der Waals surface area (Å²) in [6.07, 6.45) is 0. The van der Waals surface area contributed by atoms with Crippen molar-refractivity contribution >= 4 is 44.6 Å². The highest BCUT2D eigenvalue weighted by molar-refractivity contribution is 7.92. The van der Waals surface area contributed by atoms with Gasteiger partial charge in [0.1, 0.15) is 0 Å². The second-order valence-corrected chi connectivity index (χ2v) is 10.4. The Morgan fingerprint density at radius 2 is 1.59 bits per heavy atom. The molecule has 0 atom stereocenters. The van der Waals surface area contributed by atoms with E-state index in [1.54, 1.807) is 24.3 Å². The molecule has 1 aliphatic heterocycles. The Balaban J connectivity index is 1.43. The normalized spacial score (nSPS) is 14.6. The van der Waals surface area contributed by atoms with Crippen LogP contribution in [0.25, 0.3) is 0 Å². The number of hydrogen-bond donors (Lipinski definition) is 2. The van der Waals surface area contributed by atoms with E-state index in [0.717, 1.165) is 43.1 Å². The predicted octanol–water partition coefficient (Wildman–Crippen LogP) is 4.45. The van der Waals surface area contributed by atoms with Crippen LogP contribution in [-0.2, 0) is 10.0 Å². The number of hydrogen-bond acceptors (Lipinski definition) is 5. The van der Waals surface area contributed by atoms with Crippen molar-refractivity contribution < 1.29 is 13.2 Å². The monoisotopic (exact) mass is 498 g/mol. The maximum absolute atomic E-state index is 12.8. The highest BCUT2D eigenvalue weighted by atomic mass is 35.5. The van der Waals surface area contributed by atoms with Gasteiger partial charge in [-0.2, -0.15) is 0 Å². The van der Waals surface area contributed by atoms with Gasteiger partial charge in [0.15, 0.2) is 0 Å². The van der Waals surface area contributed by atoms with Crippen molar-refractivity contribution in [2.75, 3.05) is 48.2 Å². The zero-order valence-corrected chi connectivity index (χ0v) is 20.7. The summed E-state index contributed by atoms with van der Waals surface area (Å²) in [7, 11) is -1.71. The summed E-state index contributed by atoms with van der Waals surface area (Å²) in [6.45, 7) is 5.96. The number of halogens is 1. The number of rotatable bonds is 6. The first-order valence-electron chi connectivity index (χ1n) is 11.0. The van der Waals surface area contributed by atoms with E-state index in [1.165, 1.54) is 24.3 Å². The Morgan fingerprint density at radius 3 is 2.24 bits per heavy atom. The van der Waals surface area contributed by atoms with E-state index >= 15 is 0 Å². The van der Waals surface area contributed by atoms with E-state index in [-0.39, 0.29) is 10.8 Å². The van der Waals surface area contributed by atoms with Crippen LogP contribution >= 0.6 is 11.6 Å². The van der Waals surface area contributed by atoms with Gasteiger partial charge in [0, 0.05) is 43.1 Å². The van der Waals surface area contributed by atoms with Crippen LogP contribution in [0.3, 0.4) is 0 Å². The molecule has 0 aromatic heterocycles. The quantitative estimate of drug-likeness (QED) is 0.524. The lowest BCUT2D eigenvalue weighted by molar-refractivity contribution is 0.102. The highest BCUT2D eigenvalue weighted by Gasteiger charge is 2.18. The van der Waals surface area contributed by atoms with E-state index in [1.807, 2.05) is 19.1 Å². The third-order valence-electron chi connectivity index (χ3n) is 5.87.